The van der Waals surface area contributed by atoms with Crippen LogP contribution in [0.2, 0.25) is 0 Å². The highest BCUT2D eigenvalue weighted by atomic mass is 19.1. The van der Waals surface area contributed by atoms with E-state index in [1.807, 2.05) is 18.2 Å². The zero-order chi connectivity index (χ0) is 14.5. The Morgan fingerprint density at radius 1 is 1.14 bits per heavy atom. The summed E-state index contributed by atoms with van der Waals surface area (Å²) >= 11 is 0. The van der Waals surface area contributed by atoms with Crippen LogP contribution >= 0.6 is 0 Å². The standard InChI is InChI=1S/C16H16FN3O/c17-13-5-7-14(8-6-13)21-10-9-18-16-19-11-12-3-1-2-4-15(12)20-16/h1-8H,9-11H2,(H2,18,19,20). The molecule has 0 amide bonds. The first-order valence-electron chi connectivity index (χ1n) is 6.83. The Kier molecular flexibility index (Phi) is 4.00. The van der Waals surface area contributed by atoms with E-state index in [1.54, 1.807) is 12.1 Å². The van der Waals surface area contributed by atoms with Gasteiger partial charge in [0.15, 0.2) is 5.96 Å². The second kappa shape index (κ2) is 6.26. The van der Waals surface area contributed by atoms with Crippen LogP contribution in [0.25, 0.3) is 0 Å². The second-order valence-corrected chi connectivity index (χ2v) is 4.68. The molecule has 0 aliphatic carbocycles. The van der Waals surface area contributed by atoms with Gasteiger partial charge in [-0.3, -0.25) is 0 Å². The van der Waals surface area contributed by atoms with E-state index in [2.05, 4.69) is 21.7 Å². The van der Waals surface area contributed by atoms with Crippen molar-refractivity contribution in [2.75, 3.05) is 18.5 Å². The van der Waals surface area contributed by atoms with Crippen LogP contribution in [0, 0.1) is 5.82 Å². The van der Waals surface area contributed by atoms with Gasteiger partial charge < -0.3 is 15.4 Å². The number of fused-ring (bicyclic) bond motifs is 1. The lowest BCUT2D eigenvalue weighted by atomic mass is 10.1. The summed E-state index contributed by atoms with van der Waals surface area (Å²) in [6, 6.07) is 14.1. The van der Waals surface area contributed by atoms with Gasteiger partial charge in [0.05, 0.1) is 13.1 Å². The average Bonchev–Trinajstić information content (AvgIpc) is 2.53. The van der Waals surface area contributed by atoms with Crippen molar-refractivity contribution in [1.82, 2.24) is 5.32 Å². The minimum atomic E-state index is -0.264. The van der Waals surface area contributed by atoms with Gasteiger partial charge in [0, 0.05) is 5.69 Å². The maximum absolute atomic E-state index is 12.7. The molecule has 1 aliphatic rings. The number of nitrogens with zero attached hydrogens (tertiary/aromatic N) is 1. The van der Waals surface area contributed by atoms with E-state index in [0.29, 0.717) is 25.4 Å². The van der Waals surface area contributed by atoms with Gasteiger partial charge in [0.2, 0.25) is 0 Å². The Morgan fingerprint density at radius 3 is 2.81 bits per heavy atom. The molecule has 0 radical (unpaired) electrons. The zero-order valence-electron chi connectivity index (χ0n) is 11.5. The van der Waals surface area contributed by atoms with E-state index in [9.17, 15) is 4.39 Å². The topological polar surface area (TPSA) is 45.6 Å². The molecule has 0 saturated carbocycles. The lowest BCUT2D eigenvalue weighted by Crippen LogP contribution is -2.35. The molecule has 0 fully saturated rings. The molecular weight excluding hydrogens is 269 g/mol. The summed E-state index contributed by atoms with van der Waals surface area (Å²) in [5.74, 6) is 1.14. The van der Waals surface area contributed by atoms with E-state index in [-0.39, 0.29) is 5.82 Å². The van der Waals surface area contributed by atoms with Crippen molar-refractivity contribution in [2.45, 2.75) is 6.54 Å². The maximum atomic E-state index is 12.7. The summed E-state index contributed by atoms with van der Waals surface area (Å²) in [6.45, 7) is 1.77. The Balaban J connectivity index is 1.44. The Hall–Kier alpha value is -2.56. The van der Waals surface area contributed by atoms with Crippen LogP contribution < -0.4 is 15.4 Å². The molecule has 1 aliphatic heterocycles. The number of rotatable bonds is 4. The van der Waals surface area contributed by atoms with E-state index in [1.165, 1.54) is 17.7 Å². The molecule has 0 bridgehead atoms. The first-order chi connectivity index (χ1) is 10.3. The van der Waals surface area contributed by atoms with Gasteiger partial charge in [-0.2, -0.15) is 0 Å². The fourth-order valence-corrected chi connectivity index (χ4v) is 2.08. The van der Waals surface area contributed by atoms with Gasteiger partial charge in [-0.1, -0.05) is 18.2 Å². The number of guanidine groups is 1. The van der Waals surface area contributed by atoms with Gasteiger partial charge in [-0.25, -0.2) is 9.38 Å². The van der Waals surface area contributed by atoms with Crippen molar-refractivity contribution in [3.05, 3.63) is 59.9 Å². The number of nitrogens with one attached hydrogen (secondary N) is 2. The van der Waals surface area contributed by atoms with E-state index in [0.717, 1.165) is 11.6 Å². The molecule has 2 aromatic carbocycles. The van der Waals surface area contributed by atoms with Gasteiger partial charge in [-0.05, 0) is 35.9 Å². The normalized spacial score (nSPS) is 12.9. The number of hydrogen-bond acceptors (Lipinski definition) is 4. The molecule has 21 heavy (non-hydrogen) atoms. The molecule has 0 spiro atoms. The number of aliphatic imine (C=N–C) groups is 1. The Morgan fingerprint density at radius 2 is 1.95 bits per heavy atom. The highest BCUT2D eigenvalue weighted by molar-refractivity contribution is 5.95. The highest BCUT2D eigenvalue weighted by Gasteiger charge is 2.09. The van der Waals surface area contributed by atoms with E-state index < -0.39 is 0 Å². The minimum Gasteiger partial charge on any atom is -0.492 e. The van der Waals surface area contributed by atoms with Crippen LogP contribution in [-0.4, -0.2) is 19.1 Å². The van der Waals surface area contributed by atoms with Crippen molar-refractivity contribution in [3.8, 4) is 5.75 Å². The summed E-state index contributed by atoms with van der Waals surface area (Å²) in [6.07, 6.45) is 0. The van der Waals surface area contributed by atoms with Crippen molar-refractivity contribution < 1.29 is 9.13 Å². The molecule has 108 valence electrons. The fourth-order valence-electron chi connectivity index (χ4n) is 2.08. The SMILES string of the molecule is Fc1ccc(OCCNC2=NCc3ccccc3N2)cc1. The van der Waals surface area contributed by atoms with E-state index in [4.69, 9.17) is 4.74 Å². The van der Waals surface area contributed by atoms with Crippen LogP contribution in [0.1, 0.15) is 5.56 Å². The molecule has 0 atom stereocenters. The molecule has 5 heteroatoms. The molecule has 2 aromatic rings. The first-order valence-corrected chi connectivity index (χ1v) is 6.83. The lowest BCUT2D eigenvalue weighted by molar-refractivity contribution is 0.322. The van der Waals surface area contributed by atoms with Gasteiger partial charge >= 0.3 is 0 Å². The molecule has 2 N–H and O–H groups in total. The minimum absolute atomic E-state index is 0.264. The predicted octanol–water partition coefficient (Wildman–Crippen LogP) is 2.78. The summed E-state index contributed by atoms with van der Waals surface area (Å²) < 4.78 is 18.3. The summed E-state index contributed by atoms with van der Waals surface area (Å²) in [5, 5.41) is 6.42. The highest BCUT2D eigenvalue weighted by Crippen LogP contribution is 2.18. The summed E-state index contributed by atoms with van der Waals surface area (Å²) in [5.41, 5.74) is 2.26. The third kappa shape index (κ3) is 3.51. The monoisotopic (exact) mass is 285 g/mol. The smallest absolute Gasteiger partial charge is 0.196 e. The van der Waals surface area contributed by atoms with Crippen LogP contribution in [-0.2, 0) is 6.54 Å². The third-order valence-corrected chi connectivity index (χ3v) is 3.15. The number of para-hydroxylation sites is 1. The average molecular weight is 285 g/mol. The molecule has 0 saturated heterocycles. The number of benzene rings is 2. The van der Waals surface area contributed by atoms with Gasteiger partial charge in [-0.15, -0.1) is 0 Å². The molecule has 3 rings (SSSR count). The molecular formula is C16H16FN3O. The number of anilines is 1. The van der Waals surface area contributed by atoms with Crippen molar-refractivity contribution in [3.63, 3.8) is 0 Å². The predicted molar refractivity (Wildman–Crippen MR) is 81.1 cm³/mol. The number of ether oxygens (including phenoxy) is 1. The Labute approximate surface area is 122 Å². The second-order valence-electron chi connectivity index (χ2n) is 4.68. The molecule has 1 heterocycles. The fraction of sp³-hybridized carbons (Fsp3) is 0.188. The third-order valence-electron chi connectivity index (χ3n) is 3.15. The number of halogens is 1. The molecule has 0 unspecified atom stereocenters. The van der Waals surface area contributed by atoms with Crippen molar-refractivity contribution in [2.24, 2.45) is 4.99 Å². The van der Waals surface area contributed by atoms with Crippen LogP contribution in [0.3, 0.4) is 0 Å². The van der Waals surface area contributed by atoms with Crippen LogP contribution in [0.5, 0.6) is 5.75 Å². The van der Waals surface area contributed by atoms with Crippen LogP contribution in [0.15, 0.2) is 53.5 Å². The maximum Gasteiger partial charge on any atom is 0.196 e. The molecule has 0 aromatic heterocycles. The largest absolute Gasteiger partial charge is 0.492 e. The lowest BCUT2D eigenvalue weighted by Gasteiger charge is -2.19. The van der Waals surface area contributed by atoms with Crippen molar-refractivity contribution in [1.29, 1.82) is 0 Å². The van der Waals surface area contributed by atoms with Gasteiger partial charge in [0.25, 0.3) is 0 Å². The quantitative estimate of drug-likeness (QED) is 0.849. The number of hydrogen-bond donors (Lipinski definition) is 2. The summed E-state index contributed by atoms with van der Waals surface area (Å²) in [7, 11) is 0. The Bertz CT molecular complexity index is 640. The first kappa shape index (κ1) is 13.4. The summed E-state index contributed by atoms with van der Waals surface area (Å²) in [4.78, 5) is 4.42. The van der Waals surface area contributed by atoms with Crippen LogP contribution in [0.4, 0.5) is 10.1 Å². The van der Waals surface area contributed by atoms with Crippen molar-refractivity contribution >= 4 is 11.6 Å². The van der Waals surface area contributed by atoms with E-state index >= 15 is 0 Å². The van der Waals surface area contributed by atoms with Gasteiger partial charge in [0.1, 0.15) is 18.2 Å². The zero-order valence-corrected chi connectivity index (χ0v) is 11.5. The molecule has 4 nitrogen and oxygen atoms in total.